The number of hydrogen-bond acceptors (Lipinski definition) is 1. The molecular weight excluding hydrogens is 188 g/mol. The van der Waals surface area contributed by atoms with Crippen LogP contribution in [0.25, 0.3) is 0 Å². The molecule has 1 nitrogen and oxygen atoms in total. The molecule has 0 atom stereocenters. The molecule has 1 rings (SSSR count). The maximum absolute atomic E-state index is 11.3. The van der Waals surface area contributed by atoms with E-state index in [1.807, 2.05) is 18.2 Å². The van der Waals surface area contributed by atoms with E-state index in [1.165, 1.54) is 5.19 Å². The molecule has 0 aliphatic heterocycles. The maximum atomic E-state index is 11.3. The van der Waals surface area contributed by atoms with Crippen LogP contribution >= 0.6 is 0 Å². The largest absolute Gasteiger partial charge is 0.295 e. The summed E-state index contributed by atoms with van der Waals surface area (Å²) < 4.78 is 0. The van der Waals surface area contributed by atoms with Gasteiger partial charge in [-0.3, -0.25) is 4.79 Å². The molecule has 1 aromatic rings. The van der Waals surface area contributed by atoms with Crippen LogP contribution in [-0.2, 0) is 4.79 Å². The SMILES string of the molecule is C=C(C(C)=O)[Si](C)(C)c1ccccc1. The molecule has 14 heavy (non-hydrogen) atoms. The smallest absolute Gasteiger partial charge is 0.151 e. The third kappa shape index (κ3) is 2.01. The van der Waals surface area contributed by atoms with Crippen molar-refractivity contribution in [1.29, 1.82) is 0 Å². The van der Waals surface area contributed by atoms with Crippen LogP contribution in [-0.4, -0.2) is 13.9 Å². The van der Waals surface area contributed by atoms with Gasteiger partial charge >= 0.3 is 0 Å². The molecule has 2 heteroatoms. The van der Waals surface area contributed by atoms with Crippen LogP contribution in [0.2, 0.25) is 13.1 Å². The van der Waals surface area contributed by atoms with Crippen molar-refractivity contribution in [1.82, 2.24) is 0 Å². The summed E-state index contributed by atoms with van der Waals surface area (Å²) in [5.41, 5.74) is 0. The molecule has 0 amide bonds. The van der Waals surface area contributed by atoms with Gasteiger partial charge in [-0.2, -0.15) is 0 Å². The van der Waals surface area contributed by atoms with E-state index in [0.717, 1.165) is 5.20 Å². The molecule has 0 aliphatic carbocycles. The molecule has 0 N–H and O–H groups in total. The van der Waals surface area contributed by atoms with E-state index < -0.39 is 8.07 Å². The molecule has 0 aromatic heterocycles. The van der Waals surface area contributed by atoms with Gasteiger partial charge in [-0.25, -0.2) is 0 Å². The second-order valence-corrected chi connectivity index (χ2v) is 8.46. The Balaban J connectivity index is 3.08. The van der Waals surface area contributed by atoms with Gasteiger partial charge in [0.25, 0.3) is 0 Å². The summed E-state index contributed by atoms with van der Waals surface area (Å²) in [4.78, 5) is 11.3. The highest BCUT2D eigenvalue weighted by Gasteiger charge is 2.28. The standard InChI is InChI=1S/C12H16OSi/c1-10(13)11(2)14(3,4)12-8-6-5-7-9-12/h5-9H,2H2,1,3-4H3. The predicted octanol–water partition coefficient (Wildman–Crippen LogP) is 2.29. The van der Waals surface area contributed by atoms with Gasteiger partial charge in [0.15, 0.2) is 5.78 Å². The Labute approximate surface area is 86.5 Å². The van der Waals surface area contributed by atoms with Crippen molar-refractivity contribution >= 4 is 19.0 Å². The highest BCUT2D eigenvalue weighted by atomic mass is 28.3. The van der Waals surface area contributed by atoms with Crippen molar-refractivity contribution in [3.63, 3.8) is 0 Å². The zero-order valence-electron chi connectivity index (χ0n) is 9.00. The Morgan fingerprint density at radius 2 is 1.71 bits per heavy atom. The van der Waals surface area contributed by atoms with Crippen molar-refractivity contribution in [2.45, 2.75) is 20.0 Å². The number of carbonyl (C=O) groups is 1. The molecule has 0 aliphatic rings. The van der Waals surface area contributed by atoms with E-state index in [-0.39, 0.29) is 5.78 Å². The minimum Gasteiger partial charge on any atom is -0.295 e. The lowest BCUT2D eigenvalue weighted by Crippen LogP contribution is -2.45. The first-order chi connectivity index (χ1) is 6.46. The van der Waals surface area contributed by atoms with Crippen molar-refractivity contribution in [3.05, 3.63) is 42.1 Å². The zero-order valence-corrected chi connectivity index (χ0v) is 10.0. The van der Waals surface area contributed by atoms with Crippen molar-refractivity contribution in [2.75, 3.05) is 0 Å². The van der Waals surface area contributed by atoms with Crippen LogP contribution in [0.5, 0.6) is 0 Å². The number of benzene rings is 1. The van der Waals surface area contributed by atoms with E-state index in [9.17, 15) is 4.79 Å². The van der Waals surface area contributed by atoms with Gasteiger partial charge in [0.1, 0.15) is 8.07 Å². The van der Waals surface area contributed by atoms with Gasteiger partial charge < -0.3 is 0 Å². The summed E-state index contributed by atoms with van der Waals surface area (Å²) in [6, 6.07) is 10.2. The Morgan fingerprint density at radius 1 is 1.21 bits per heavy atom. The van der Waals surface area contributed by atoms with Crippen molar-refractivity contribution < 1.29 is 4.79 Å². The van der Waals surface area contributed by atoms with Gasteiger partial charge in [-0.1, -0.05) is 55.2 Å². The van der Waals surface area contributed by atoms with E-state index in [2.05, 4.69) is 31.8 Å². The first-order valence-corrected chi connectivity index (χ1v) is 7.72. The number of Topliss-reactive ketones (excluding diaryl/α,β-unsaturated/α-hetero) is 1. The fourth-order valence-corrected chi connectivity index (χ4v) is 3.72. The highest BCUT2D eigenvalue weighted by molar-refractivity contribution is 6.98. The summed E-state index contributed by atoms with van der Waals surface area (Å²) in [7, 11) is -1.79. The Kier molecular flexibility index (Phi) is 3.06. The lowest BCUT2D eigenvalue weighted by molar-refractivity contribution is -0.113. The summed E-state index contributed by atoms with van der Waals surface area (Å²) in [6.07, 6.45) is 0. The molecule has 74 valence electrons. The molecule has 0 radical (unpaired) electrons. The summed E-state index contributed by atoms with van der Waals surface area (Å²) >= 11 is 0. The van der Waals surface area contributed by atoms with Crippen LogP contribution in [0.15, 0.2) is 42.1 Å². The van der Waals surface area contributed by atoms with Crippen LogP contribution in [0.1, 0.15) is 6.92 Å². The van der Waals surface area contributed by atoms with E-state index >= 15 is 0 Å². The van der Waals surface area contributed by atoms with Crippen LogP contribution < -0.4 is 5.19 Å². The van der Waals surface area contributed by atoms with E-state index in [1.54, 1.807) is 6.92 Å². The normalized spacial score (nSPS) is 11.1. The van der Waals surface area contributed by atoms with Crippen LogP contribution in [0.3, 0.4) is 0 Å². The van der Waals surface area contributed by atoms with E-state index in [0.29, 0.717) is 0 Å². The van der Waals surface area contributed by atoms with Gasteiger partial charge in [-0.15, -0.1) is 0 Å². The molecular formula is C12H16OSi. The van der Waals surface area contributed by atoms with Gasteiger partial charge in [-0.05, 0) is 12.1 Å². The maximum Gasteiger partial charge on any atom is 0.151 e. The molecule has 0 fully saturated rings. The lowest BCUT2D eigenvalue weighted by atomic mass is 10.4. The summed E-state index contributed by atoms with van der Waals surface area (Å²) in [5, 5.41) is 2.06. The molecule has 0 spiro atoms. The Bertz CT molecular complexity index is 352. The average molecular weight is 204 g/mol. The van der Waals surface area contributed by atoms with Gasteiger partial charge in [0.05, 0.1) is 0 Å². The fraction of sp³-hybridized carbons (Fsp3) is 0.250. The minimum atomic E-state index is -1.79. The predicted molar refractivity (Wildman–Crippen MR) is 63.4 cm³/mol. The number of ketones is 1. The number of hydrogen-bond donors (Lipinski definition) is 0. The van der Waals surface area contributed by atoms with Crippen LogP contribution in [0, 0.1) is 0 Å². The van der Waals surface area contributed by atoms with E-state index in [4.69, 9.17) is 0 Å². The molecule has 0 saturated heterocycles. The third-order valence-corrected chi connectivity index (χ3v) is 6.31. The summed E-state index contributed by atoms with van der Waals surface area (Å²) in [5.74, 6) is 0.116. The van der Waals surface area contributed by atoms with Crippen molar-refractivity contribution in [2.24, 2.45) is 0 Å². The third-order valence-electron chi connectivity index (χ3n) is 2.67. The van der Waals surface area contributed by atoms with Crippen LogP contribution in [0.4, 0.5) is 0 Å². The second-order valence-electron chi connectivity index (χ2n) is 4.03. The Hall–Kier alpha value is -1.15. The molecule has 1 aromatic carbocycles. The lowest BCUT2D eigenvalue weighted by Gasteiger charge is -2.23. The highest BCUT2D eigenvalue weighted by Crippen LogP contribution is 2.13. The zero-order chi connectivity index (χ0) is 10.8. The topological polar surface area (TPSA) is 17.1 Å². The first kappa shape index (κ1) is 10.9. The summed E-state index contributed by atoms with van der Waals surface area (Å²) in [6.45, 7) is 9.83. The quantitative estimate of drug-likeness (QED) is 0.545. The van der Waals surface area contributed by atoms with Gasteiger partial charge in [0, 0.05) is 0 Å². The number of allylic oxidation sites excluding steroid dienone is 1. The fourth-order valence-electron chi connectivity index (χ4n) is 1.47. The first-order valence-electron chi connectivity index (χ1n) is 4.72. The average Bonchev–Trinajstić information content (AvgIpc) is 2.18. The van der Waals surface area contributed by atoms with Gasteiger partial charge in [0.2, 0.25) is 0 Å². The molecule has 0 heterocycles. The minimum absolute atomic E-state index is 0.116. The Morgan fingerprint density at radius 3 is 2.14 bits per heavy atom. The monoisotopic (exact) mass is 204 g/mol. The molecule has 0 bridgehead atoms. The molecule has 0 unspecified atom stereocenters. The number of rotatable bonds is 3. The molecule has 0 saturated carbocycles. The second kappa shape index (κ2) is 3.92. The number of carbonyl (C=O) groups excluding carboxylic acids is 1. The van der Waals surface area contributed by atoms with Crippen molar-refractivity contribution in [3.8, 4) is 0 Å².